The van der Waals surface area contributed by atoms with Gasteiger partial charge in [0.15, 0.2) is 0 Å². The Morgan fingerprint density at radius 1 is 1.18 bits per heavy atom. The molecule has 3 heteroatoms. The van der Waals surface area contributed by atoms with Crippen LogP contribution in [0, 0.1) is 5.41 Å². The van der Waals surface area contributed by atoms with Crippen molar-refractivity contribution in [3.8, 4) is 11.4 Å². The normalized spacial score (nSPS) is 13.6. The average molecular weight is 230 g/mol. The lowest BCUT2D eigenvalue weighted by Crippen LogP contribution is -2.14. The smallest absolute Gasteiger partial charge is 0.140 e. The summed E-state index contributed by atoms with van der Waals surface area (Å²) in [5.74, 6) is 1.24. The topological polar surface area (TPSA) is 38.9 Å². The summed E-state index contributed by atoms with van der Waals surface area (Å²) in [6, 6.07) is 7.76. The van der Waals surface area contributed by atoms with E-state index in [0.717, 1.165) is 17.1 Å². The summed E-state index contributed by atoms with van der Waals surface area (Å²) in [5.41, 5.74) is 1.82. The molecule has 2 heterocycles. The molecule has 0 radical (unpaired) electrons. The maximum absolute atomic E-state index is 5.42. The van der Waals surface area contributed by atoms with Crippen molar-refractivity contribution in [2.24, 2.45) is 5.41 Å². The molecule has 3 nitrogen and oxygen atoms in total. The quantitative estimate of drug-likeness (QED) is 0.785. The minimum atomic E-state index is 0.168. The van der Waals surface area contributed by atoms with E-state index in [1.165, 1.54) is 0 Å². The molecular formula is C14H18N2O. The minimum Gasteiger partial charge on any atom is -0.360 e. The Bertz CT molecular complexity index is 482. The van der Waals surface area contributed by atoms with Crippen molar-refractivity contribution in [3.63, 3.8) is 0 Å². The van der Waals surface area contributed by atoms with E-state index >= 15 is 0 Å². The fourth-order valence-electron chi connectivity index (χ4n) is 1.56. The zero-order valence-electron chi connectivity index (χ0n) is 10.8. The van der Waals surface area contributed by atoms with E-state index in [2.05, 4.69) is 37.8 Å². The van der Waals surface area contributed by atoms with Crippen LogP contribution in [-0.2, 0) is 0 Å². The lowest BCUT2D eigenvalue weighted by atomic mass is 9.80. The number of pyridine rings is 1. The van der Waals surface area contributed by atoms with Gasteiger partial charge >= 0.3 is 0 Å². The number of aromatic nitrogens is 2. The summed E-state index contributed by atoms with van der Waals surface area (Å²) in [5, 5.41) is 4.08. The van der Waals surface area contributed by atoms with Crippen molar-refractivity contribution in [2.75, 3.05) is 0 Å². The van der Waals surface area contributed by atoms with Crippen molar-refractivity contribution in [2.45, 2.75) is 33.6 Å². The van der Waals surface area contributed by atoms with Gasteiger partial charge in [-0.3, -0.25) is 4.98 Å². The Balaban J connectivity index is 2.28. The zero-order chi connectivity index (χ0) is 12.5. The fraction of sp³-hybridized carbons (Fsp3) is 0.429. The van der Waals surface area contributed by atoms with Gasteiger partial charge in [-0.2, -0.15) is 0 Å². The molecule has 0 aliphatic heterocycles. The van der Waals surface area contributed by atoms with Crippen LogP contribution in [0.5, 0.6) is 0 Å². The van der Waals surface area contributed by atoms with Crippen LogP contribution < -0.4 is 0 Å². The molecule has 0 spiro atoms. The second kappa shape index (κ2) is 4.32. The van der Waals surface area contributed by atoms with Crippen LogP contribution in [-0.4, -0.2) is 10.1 Å². The molecule has 90 valence electrons. The van der Waals surface area contributed by atoms with Crippen LogP contribution in [0.25, 0.3) is 11.4 Å². The molecule has 0 aliphatic rings. The van der Waals surface area contributed by atoms with Crippen molar-refractivity contribution in [1.82, 2.24) is 10.1 Å². The first-order valence-corrected chi connectivity index (χ1v) is 5.86. The zero-order valence-corrected chi connectivity index (χ0v) is 10.8. The molecule has 0 fully saturated rings. The van der Waals surface area contributed by atoms with Crippen LogP contribution in [0.4, 0.5) is 0 Å². The third-order valence-electron chi connectivity index (χ3n) is 3.18. The van der Waals surface area contributed by atoms with E-state index in [0.29, 0.717) is 5.92 Å². The predicted molar refractivity (Wildman–Crippen MR) is 67.6 cm³/mol. The van der Waals surface area contributed by atoms with Crippen LogP contribution in [0.3, 0.4) is 0 Å². The lowest BCUT2D eigenvalue weighted by Gasteiger charge is -2.24. The molecular weight excluding hydrogens is 212 g/mol. The largest absolute Gasteiger partial charge is 0.360 e. The van der Waals surface area contributed by atoms with E-state index in [-0.39, 0.29) is 5.41 Å². The molecule has 0 amide bonds. The Morgan fingerprint density at radius 3 is 2.53 bits per heavy atom. The van der Waals surface area contributed by atoms with Crippen molar-refractivity contribution in [3.05, 3.63) is 36.2 Å². The standard InChI is InChI=1S/C14H18N2O/c1-10(14(2,3)4)13-9-12(16-17-13)11-7-5-6-8-15-11/h5-10H,1-4H3. The van der Waals surface area contributed by atoms with Gasteiger partial charge in [-0.05, 0) is 17.5 Å². The van der Waals surface area contributed by atoms with Crippen LogP contribution in [0.2, 0.25) is 0 Å². The molecule has 0 bridgehead atoms. The highest BCUT2D eigenvalue weighted by molar-refractivity contribution is 5.53. The van der Waals surface area contributed by atoms with E-state index in [1.54, 1.807) is 6.20 Å². The number of hydrogen-bond donors (Lipinski definition) is 0. The van der Waals surface area contributed by atoms with Gasteiger partial charge < -0.3 is 4.52 Å². The molecule has 0 saturated heterocycles. The maximum Gasteiger partial charge on any atom is 0.140 e. The third kappa shape index (κ3) is 2.54. The van der Waals surface area contributed by atoms with Crippen molar-refractivity contribution < 1.29 is 4.52 Å². The highest BCUT2D eigenvalue weighted by atomic mass is 16.5. The monoisotopic (exact) mass is 230 g/mol. The lowest BCUT2D eigenvalue weighted by molar-refractivity contribution is 0.269. The van der Waals surface area contributed by atoms with Gasteiger partial charge in [-0.1, -0.05) is 38.9 Å². The Hall–Kier alpha value is -1.64. The van der Waals surface area contributed by atoms with Gasteiger partial charge in [-0.25, -0.2) is 0 Å². The molecule has 0 aromatic carbocycles. The summed E-state index contributed by atoms with van der Waals surface area (Å²) < 4.78 is 5.42. The number of rotatable bonds is 2. The fourth-order valence-corrected chi connectivity index (χ4v) is 1.56. The van der Waals surface area contributed by atoms with Gasteiger partial charge in [-0.15, -0.1) is 0 Å². The minimum absolute atomic E-state index is 0.168. The molecule has 2 aromatic heterocycles. The second-order valence-corrected chi connectivity index (χ2v) is 5.42. The molecule has 1 atom stereocenters. The highest BCUT2D eigenvalue weighted by Crippen LogP contribution is 2.35. The third-order valence-corrected chi connectivity index (χ3v) is 3.18. The van der Waals surface area contributed by atoms with E-state index in [9.17, 15) is 0 Å². The molecule has 1 unspecified atom stereocenters. The van der Waals surface area contributed by atoms with Gasteiger partial charge in [0, 0.05) is 18.2 Å². The van der Waals surface area contributed by atoms with Gasteiger partial charge in [0.05, 0.1) is 5.69 Å². The molecule has 2 rings (SSSR count). The van der Waals surface area contributed by atoms with Crippen LogP contribution in [0.1, 0.15) is 39.4 Å². The first kappa shape index (κ1) is 11.8. The van der Waals surface area contributed by atoms with Crippen LogP contribution >= 0.6 is 0 Å². The average Bonchev–Trinajstić information content (AvgIpc) is 2.77. The second-order valence-electron chi connectivity index (χ2n) is 5.42. The molecule has 0 aliphatic carbocycles. The first-order valence-electron chi connectivity index (χ1n) is 5.86. The Morgan fingerprint density at radius 2 is 1.94 bits per heavy atom. The Kier molecular flexibility index (Phi) is 3.01. The molecule has 0 saturated carbocycles. The molecule has 0 N–H and O–H groups in total. The SMILES string of the molecule is CC(c1cc(-c2ccccn2)no1)C(C)(C)C. The van der Waals surface area contributed by atoms with E-state index in [1.807, 2.05) is 24.3 Å². The van der Waals surface area contributed by atoms with Gasteiger partial charge in [0.1, 0.15) is 11.5 Å². The van der Waals surface area contributed by atoms with E-state index in [4.69, 9.17) is 4.52 Å². The summed E-state index contributed by atoms with van der Waals surface area (Å²) >= 11 is 0. The van der Waals surface area contributed by atoms with Gasteiger partial charge in [0.2, 0.25) is 0 Å². The molecule has 17 heavy (non-hydrogen) atoms. The van der Waals surface area contributed by atoms with Crippen LogP contribution in [0.15, 0.2) is 35.0 Å². The number of nitrogens with zero attached hydrogens (tertiary/aromatic N) is 2. The Labute approximate surface area is 102 Å². The summed E-state index contributed by atoms with van der Waals surface area (Å²) in [4.78, 5) is 4.26. The first-order chi connectivity index (χ1) is 7.98. The molecule has 2 aromatic rings. The predicted octanol–water partition coefficient (Wildman–Crippen LogP) is 3.89. The van der Waals surface area contributed by atoms with Crippen molar-refractivity contribution >= 4 is 0 Å². The summed E-state index contributed by atoms with van der Waals surface area (Å²) in [6.45, 7) is 8.74. The highest BCUT2D eigenvalue weighted by Gasteiger charge is 2.25. The van der Waals surface area contributed by atoms with E-state index < -0.39 is 0 Å². The summed E-state index contributed by atoms with van der Waals surface area (Å²) in [6.07, 6.45) is 1.76. The maximum atomic E-state index is 5.42. The summed E-state index contributed by atoms with van der Waals surface area (Å²) in [7, 11) is 0. The van der Waals surface area contributed by atoms with Gasteiger partial charge in [0.25, 0.3) is 0 Å². The number of hydrogen-bond acceptors (Lipinski definition) is 3. The van der Waals surface area contributed by atoms with Crippen molar-refractivity contribution in [1.29, 1.82) is 0 Å².